The maximum absolute atomic E-state index is 12.3. The van der Waals surface area contributed by atoms with Crippen molar-refractivity contribution in [3.8, 4) is 0 Å². The van der Waals surface area contributed by atoms with E-state index in [0.29, 0.717) is 6.42 Å². The summed E-state index contributed by atoms with van der Waals surface area (Å²) in [7, 11) is 0. The van der Waals surface area contributed by atoms with Crippen LogP contribution in [0.1, 0.15) is 65.4 Å². The van der Waals surface area contributed by atoms with Crippen molar-refractivity contribution in [1.82, 2.24) is 5.32 Å². The lowest BCUT2D eigenvalue weighted by molar-refractivity contribution is -0.157. The molecule has 0 aliphatic carbocycles. The van der Waals surface area contributed by atoms with E-state index in [0.717, 1.165) is 31.2 Å². The summed E-state index contributed by atoms with van der Waals surface area (Å²) >= 11 is 0. The molecule has 5 nitrogen and oxygen atoms in total. The first-order chi connectivity index (χ1) is 11.8. The Morgan fingerprint density at radius 1 is 1.08 bits per heavy atom. The fourth-order valence-electron chi connectivity index (χ4n) is 2.30. The molecule has 25 heavy (non-hydrogen) atoms. The first-order valence-electron chi connectivity index (χ1n) is 9.02. The van der Waals surface area contributed by atoms with Gasteiger partial charge in [-0.2, -0.15) is 0 Å². The van der Waals surface area contributed by atoms with Gasteiger partial charge in [0.15, 0.2) is 0 Å². The van der Waals surface area contributed by atoms with Gasteiger partial charge in [-0.05, 0) is 32.8 Å². The molecule has 0 saturated heterocycles. The van der Waals surface area contributed by atoms with Crippen molar-refractivity contribution in [3.05, 3.63) is 35.9 Å². The van der Waals surface area contributed by atoms with E-state index in [2.05, 4.69) is 12.2 Å². The van der Waals surface area contributed by atoms with Crippen LogP contribution in [-0.2, 0) is 20.9 Å². The first kappa shape index (κ1) is 21.0. The monoisotopic (exact) mass is 349 g/mol. The lowest BCUT2D eigenvalue weighted by Gasteiger charge is -2.24. The van der Waals surface area contributed by atoms with E-state index in [-0.39, 0.29) is 6.61 Å². The molecule has 1 unspecified atom stereocenters. The molecule has 140 valence electrons. The minimum absolute atomic E-state index is 0.170. The number of hydrogen-bond acceptors (Lipinski definition) is 4. The highest BCUT2D eigenvalue weighted by Gasteiger charge is 2.26. The van der Waals surface area contributed by atoms with E-state index in [4.69, 9.17) is 9.47 Å². The second kappa shape index (κ2) is 10.7. The minimum atomic E-state index is -0.681. The average molecular weight is 349 g/mol. The number of carbonyl (C=O) groups excluding carboxylic acids is 2. The highest BCUT2D eigenvalue weighted by atomic mass is 16.6. The quantitative estimate of drug-likeness (QED) is 0.523. The number of alkyl carbamates (subject to hydrolysis) is 1. The van der Waals surface area contributed by atoms with Crippen LogP contribution in [0.5, 0.6) is 0 Å². The smallest absolute Gasteiger partial charge is 0.408 e. The molecule has 0 saturated carbocycles. The number of hydrogen-bond donors (Lipinski definition) is 1. The number of amides is 1. The number of unbranched alkanes of at least 4 members (excludes halogenated alkanes) is 3. The van der Waals surface area contributed by atoms with E-state index in [1.807, 2.05) is 51.1 Å². The summed E-state index contributed by atoms with van der Waals surface area (Å²) in [6, 6.07) is 8.74. The van der Waals surface area contributed by atoms with Crippen molar-refractivity contribution < 1.29 is 19.1 Å². The molecule has 1 atom stereocenters. The highest BCUT2D eigenvalue weighted by Crippen LogP contribution is 2.13. The predicted molar refractivity (Wildman–Crippen MR) is 98.2 cm³/mol. The van der Waals surface area contributed by atoms with Crippen molar-refractivity contribution >= 4 is 12.1 Å². The Labute approximate surface area is 151 Å². The van der Waals surface area contributed by atoms with Gasteiger partial charge in [-0.15, -0.1) is 0 Å². The molecule has 0 spiro atoms. The van der Waals surface area contributed by atoms with Gasteiger partial charge in [0, 0.05) is 0 Å². The third-order valence-corrected chi connectivity index (χ3v) is 3.54. The summed E-state index contributed by atoms with van der Waals surface area (Å²) in [5, 5.41) is 2.65. The van der Waals surface area contributed by atoms with Crippen LogP contribution in [0.15, 0.2) is 30.3 Å². The summed E-state index contributed by atoms with van der Waals surface area (Å²) < 4.78 is 10.6. The lowest BCUT2D eigenvalue weighted by Crippen LogP contribution is -2.44. The molecule has 1 aromatic carbocycles. The second-order valence-corrected chi connectivity index (χ2v) is 7.14. The molecular formula is C20H31NO4. The van der Waals surface area contributed by atoms with Crippen molar-refractivity contribution in [2.75, 3.05) is 0 Å². The van der Waals surface area contributed by atoms with Crippen LogP contribution in [-0.4, -0.2) is 23.7 Å². The average Bonchev–Trinajstić information content (AvgIpc) is 2.55. The van der Waals surface area contributed by atoms with Crippen LogP contribution in [0.2, 0.25) is 0 Å². The molecule has 1 rings (SSSR count). The third-order valence-electron chi connectivity index (χ3n) is 3.54. The largest absolute Gasteiger partial charge is 0.458 e. The SMILES string of the molecule is CCCCCCC(NC(=O)OCc1ccccc1)C(=O)OC(C)(C)C. The Hall–Kier alpha value is -2.04. The van der Waals surface area contributed by atoms with Crippen LogP contribution in [0.25, 0.3) is 0 Å². The van der Waals surface area contributed by atoms with Gasteiger partial charge in [0.2, 0.25) is 0 Å². The maximum Gasteiger partial charge on any atom is 0.408 e. The Kier molecular flexibility index (Phi) is 9.03. The molecule has 0 heterocycles. The second-order valence-electron chi connectivity index (χ2n) is 7.14. The van der Waals surface area contributed by atoms with E-state index < -0.39 is 23.7 Å². The number of rotatable bonds is 9. The fraction of sp³-hybridized carbons (Fsp3) is 0.600. The van der Waals surface area contributed by atoms with Gasteiger partial charge in [-0.25, -0.2) is 9.59 Å². The highest BCUT2D eigenvalue weighted by molar-refractivity contribution is 5.81. The first-order valence-corrected chi connectivity index (χ1v) is 9.02. The molecular weight excluding hydrogens is 318 g/mol. The standard InChI is InChI=1S/C20H31NO4/c1-5-6-7-11-14-17(18(22)25-20(2,3)4)21-19(23)24-15-16-12-9-8-10-13-16/h8-10,12-13,17H,5-7,11,14-15H2,1-4H3,(H,21,23). The predicted octanol–water partition coefficient (Wildman–Crippen LogP) is 4.59. The molecule has 0 radical (unpaired) electrons. The van der Waals surface area contributed by atoms with Crippen LogP contribution < -0.4 is 5.32 Å². The lowest BCUT2D eigenvalue weighted by atomic mass is 10.1. The molecule has 1 aromatic rings. The zero-order chi connectivity index (χ0) is 18.7. The third kappa shape index (κ3) is 9.75. The van der Waals surface area contributed by atoms with Gasteiger partial charge in [-0.3, -0.25) is 0 Å². The molecule has 1 N–H and O–H groups in total. The summed E-state index contributed by atoms with van der Waals surface area (Å²) in [6.45, 7) is 7.74. The van der Waals surface area contributed by atoms with Gasteiger partial charge in [0.1, 0.15) is 18.2 Å². The van der Waals surface area contributed by atoms with Crippen molar-refractivity contribution in [2.24, 2.45) is 0 Å². The number of ether oxygens (including phenoxy) is 2. The van der Waals surface area contributed by atoms with Gasteiger partial charge in [0.25, 0.3) is 0 Å². The Balaban J connectivity index is 2.54. The topological polar surface area (TPSA) is 64.6 Å². The van der Waals surface area contributed by atoms with Gasteiger partial charge in [0.05, 0.1) is 0 Å². The number of carbonyl (C=O) groups is 2. The summed E-state index contributed by atoms with van der Waals surface area (Å²) in [4.78, 5) is 24.4. The van der Waals surface area contributed by atoms with Crippen molar-refractivity contribution in [1.29, 1.82) is 0 Å². The molecule has 0 fully saturated rings. The van der Waals surface area contributed by atoms with Gasteiger partial charge >= 0.3 is 12.1 Å². The number of nitrogens with one attached hydrogen (secondary N) is 1. The van der Waals surface area contributed by atoms with Crippen LogP contribution in [0.4, 0.5) is 4.79 Å². The zero-order valence-electron chi connectivity index (χ0n) is 15.8. The fourth-order valence-corrected chi connectivity index (χ4v) is 2.30. The molecule has 0 aliphatic rings. The maximum atomic E-state index is 12.3. The van der Waals surface area contributed by atoms with Crippen LogP contribution in [0, 0.1) is 0 Å². The summed E-state index contributed by atoms with van der Waals surface area (Å²) in [5.74, 6) is -0.416. The Bertz CT molecular complexity index is 522. The van der Waals surface area contributed by atoms with Crippen molar-refractivity contribution in [2.45, 2.75) is 78.0 Å². The summed E-state index contributed by atoms with van der Waals surface area (Å²) in [6.07, 6.45) is 4.06. The number of esters is 1. The van der Waals surface area contributed by atoms with E-state index in [9.17, 15) is 9.59 Å². The molecule has 5 heteroatoms. The Morgan fingerprint density at radius 2 is 1.76 bits per heavy atom. The Morgan fingerprint density at radius 3 is 2.36 bits per heavy atom. The van der Waals surface area contributed by atoms with E-state index >= 15 is 0 Å². The van der Waals surface area contributed by atoms with Gasteiger partial charge < -0.3 is 14.8 Å². The molecule has 0 aliphatic heterocycles. The molecule has 0 bridgehead atoms. The van der Waals surface area contributed by atoms with Crippen LogP contribution in [0.3, 0.4) is 0 Å². The van der Waals surface area contributed by atoms with E-state index in [1.165, 1.54) is 0 Å². The van der Waals surface area contributed by atoms with Gasteiger partial charge in [-0.1, -0.05) is 62.9 Å². The zero-order valence-corrected chi connectivity index (χ0v) is 15.8. The van der Waals surface area contributed by atoms with E-state index in [1.54, 1.807) is 0 Å². The minimum Gasteiger partial charge on any atom is -0.458 e. The number of benzene rings is 1. The van der Waals surface area contributed by atoms with Crippen molar-refractivity contribution in [3.63, 3.8) is 0 Å². The van der Waals surface area contributed by atoms with Crippen LogP contribution >= 0.6 is 0 Å². The molecule has 1 amide bonds. The molecule has 0 aromatic heterocycles. The summed E-state index contributed by atoms with van der Waals surface area (Å²) in [5.41, 5.74) is 0.309. The normalized spacial score (nSPS) is 12.3.